The van der Waals surface area contributed by atoms with Crippen molar-refractivity contribution in [3.8, 4) is 0 Å². The van der Waals surface area contributed by atoms with Gasteiger partial charge in [-0.3, -0.25) is 0 Å². The van der Waals surface area contributed by atoms with Gasteiger partial charge in [-0.2, -0.15) is 0 Å². The van der Waals surface area contributed by atoms with E-state index in [2.05, 4.69) is 11.3 Å². The number of fused-ring (bicyclic) bond motifs is 1. The Morgan fingerprint density at radius 1 is 0.903 bits per heavy atom. The van der Waals surface area contributed by atoms with Crippen molar-refractivity contribution in [2.75, 3.05) is 6.61 Å². The van der Waals surface area contributed by atoms with Crippen molar-refractivity contribution >= 4 is 23.9 Å². The third kappa shape index (κ3) is 7.66. The highest BCUT2D eigenvalue weighted by Crippen LogP contribution is 2.27. The molecule has 0 saturated carbocycles. The van der Waals surface area contributed by atoms with E-state index in [0.29, 0.717) is 18.6 Å². The van der Waals surface area contributed by atoms with Crippen LogP contribution in [-0.4, -0.2) is 35.6 Å². The molecule has 1 aromatic carbocycles. The number of carboxylic acids is 1. The van der Waals surface area contributed by atoms with Gasteiger partial charge in [-0.05, 0) is 37.0 Å². The lowest BCUT2D eigenvalue weighted by Gasteiger charge is -2.07. The average Bonchev–Trinajstić information content (AvgIpc) is 3.04. The van der Waals surface area contributed by atoms with E-state index in [1.165, 1.54) is 31.1 Å². The molecule has 1 aromatic rings. The van der Waals surface area contributed by atoms with E-state index in [9.17, 15) is 24.3 Å². The van der Waals surface area contributed by atoms with Crippen LogP contribution in [0.5, 0.6) is 0 Å². The number of hydrogen-bond acceptors (Lipinski definition) is 6. The van der Waals surface area contributed by atoms with Crippen molar-refractivity contribution in [3.05, 3.63) is 47.0 Å². The smallest absolute Gasteiger partial charge is 0.347 e. The number of aromatic carboxylic acids is 1. The van der Waals surface area contributed by atoms with Crippen molar-refractivity contribution < 1.29 is 33.8 Å². The van der Waals surface area contributed by atoms with Crippen LogP contribution in [0.1, 0.15) is 101 Å². The molecule has 0 atom stereocenters. The summed E-state index contributed by atoms with van der Waals surface area (Å²) in [7, 11) is 0. The van der Waals surface area contributed by atoms with Crippen LogP contribution in [-0.2, 0) is 20.7 Å². The van der Waals surface area contributed by atoms with E-state index in [4.69, 9.17) is 4.74 Å². The van der Waals surface area contributed by atoms with Gasteiger partial charge in [0.05, 0.1) is 23.3 Å². The number of aryl methyl sites for hydroxylation is 1. The SMILES string of the molecule is C=CC(=O)OCCCCCCCCCCCCc1cc(C(=O)O)cc2c1C(=O)OC2=O. The van der Waals surface area contributed by atoms with E-state index >= 15 is 0 Å². The zero-order valence-electron chi connectivity index (χ0n) is 17.8. The zero-order chi connectivity index (χ0) is 22.6. The Bertz CT molecular complexity index is 825. The minimum Gasteiger partial charge on any atom is -0.478 e. The molecule has 1 N–H and O–H groups in total. The monoisotopic (exact) mass is 430 g/mol. The van der Waals surface area contributed by atoms with Gasteiger partial charge in [-0.15, -0.1) is 0 Å². The van der Waals surface area contributed by atoms with Gasteiger partial charge in [-0.25, -0.2) is 19.2 Å². The van der Waals surface area contributed by atoms with Crippen molar-refractivity contribution in [1.82, 2.24) is 0 Å². The number of carbonyl (C=O) groups is 4. The molecule has 0 spiro atoms. The normalized spacial score (nSPS) is 12.4. The minimum absolute atomic E-state index is 0.000679. The highest BCUT2D eigenvalue weighted by atomic mass is 16.6. The summed E-state index contributed by atoms with van der Waals surface area (Å²) in [6.45, 7) is 3.81. The first-order valence-corrected chi connectivity index (χ1v) is 10.9. The number of carbonyl (C=O) groups excluding carboxylic acids is 3. The molecule has 0 fully saturated rings. The van der Waals surface area contributed by atoms with E-state index in [1.54, 1.807) is 0 Å². The van der Waals surface area contributed by atoms with Crippen molar-refractivity contribution in [2.24, 2.45) is 0 Å². The molecule has 1 heterocycles. The van der Waals surface area contributed by atoms with Crippen LogP contribution in [0, 0.1) is 0 Å². The first-order chi connectivity index (χ1) is 14.9. The number of esters is 3. The number of unbranched alkanes of at least 4 members (excludes halogenated alkanes) is 9. The molecule has 0 amide bonds. The number of carboxylic acid groups (broad SMARTS) is 1. The van der Waals surface area contributed by atoms with Crippen molar-refractivity contribution in [3.63, 3.8) is 0 Å². The Labute approximate surface area is 182 Å². The molecule has 7 heteroatoms. The molecule has 2 rings (SSSR count). The molecule has 31 heavy (non-hydrogen) atoms. The summed E-state index contributed by atoms with van der Waals surface area (Å²) < 4.78 is 9.57. The lowest BCUT2D eigenvalue weighted by Crippen LogP contribution is -2.05. The fraction of sp³-hybridized carbons (Fsp3) is 0.500. The molecule has 0 saturated heterocycles. The molecular formula is C24H30O7. The van der Waals surface area contributed by atoms with Crippen LogP contribution < -0.4 is 0 Å². The largest absolute Gasteiger partial charge is 0.478 e. The molecule has 1 aliphatic rings. The van der Waals surface area contributed by atoms with Gasteiger partial charge in [0.2, 0.25) is 0 Å². The number of ether oxygens (including phenoxy) is 2. The van der Waals surface area contributed by atoms with Crippen molar-refractivity contribution in [2.45, 2.75) is 70.6 Å². The molecular weight excluding hydrogens is 400 g/mol. The molecule has 168 valence electrons. The first-order valence-electron chi connectivity index (χ1n) is 10.9. The maximum atomic E-state index is 11.9. The summed E-state index contributed by atoms with van der Waals surface area (Å²) in [4.78, 5) is 45.9. The van der Waals surface area contributed by atoms with Crippen LogP contribution in [0.4, 0.5) is 0 Å². The molecule has 0 bridgehead atoms. The van der Waals surface area contributed by atoms with Crippen molar-refractivity contribution in [1.29, 1.82) is 0 Å². The summed E-state index contributed by atoms with van der Waals surface area (Å²) in [6.07, 6.45) is 12.3. The summed E-state index contributed by atoms with van der Waals surface area (Å²) >= 11 is 0. The molecule has 1 aliphatic heterocycles. The Hall–Kier alpha value is -2.96. The molecule has 0 aromatic heterocycles. The molecule has 0 unspecified atom stereocenters. The van der Waals surface area contributed by atoms with Gasteiger partial charge in [0.25, 0.3) is 0 Å². The summed E-state index contributed by atoms with van der Waals surface area (Å²) in [6, 6.07) is 2.68. The molecule has 0 radical (unpaired) electrons. The Morgan fingerprint density at radius 2 is 1.48 bits per heavy atom. The Balaban J connectivity index is 1.59. The summed E-state index contributed by atoms with van der Waals surface area (Å²) in [5.74, 6) is -2.96. The van der Waals surface area contributed by atoms with Crippen LogP contribution in [0.2, 0.25) is 0 Å². The minimum atomic E-state index is -1.13. The number of hydrogen-bond donors (Lipinski definition) is 1. The van der Waals surface area contributed by atoms with E-state index in [0.717, 1.165) is 51.4 Å². The molecule has 0 aliphatic carbocycles. The highest BCUT2D eigenvalue weighted by molar-refractivity contribution is 6.16. The van der Waals surface area contributed by atoms with Crippen LogP contribution in [0.25, 0.3) is 0 Å². The van der Waals surface area contributed by atoms with Gasteiger partial charge in [0.15, 0.2) is 0 Å². The summed E-state index contributed by atoms with van der Waals surface area (Å²) in [5, 5.41) is 9.24. The third-order valence-corrected chi connectivity index (χ3v) is 5.33. The zero-order valence-corrected chi connectivity index (χ0v) is 17.8. The van der Waals surface area contributed by atoms with Gasteiger partial charge in [-0.1, -0.05) is 57.9 Å². The highest BCUT2D eigenvalue weighted by Gasteiger charge is 2.33. The Kier molecular flexibility index (Phi) is 9.94. The number of rotatable bonds is 15. The lowest BCUT2D eigenvalue weighted by atomic mass is 9.94. The van der Waals surface area contributed by atoms with Gasteiger partial charge in [0, 0.05) is 6.08 Å². The second-order valence-electron chi connectivity index (χ2n) is 7.70. The lowest BCUT2D eigenvalue weighted by molar-refractivity contribution is -0.137. The second-order valence-corrected chi connectivity index (χ2v) is 7.70. The predicted molar refractivity (Wildman–Crippen MR) is 114 cm³/mol. The topological polar surface area (TPSA) is 107 Å². The Morgan fingerprint density at radius 3 is 2.06 bits per heavy atom. The third-order valence-electron chi connectivity index (χ3n) is 5.33. The first kappa shape index (κ1) is 24.3. The van der Waals surface area contributed by atoms with Gasteiger partial charge in [0.1, 0.15) is 0 Å². The van der Waals surface area contributed by atoms with Gasteiger partial charge >= 0.3 is 23.9 Å². The molecule has 7 nitrogen and oxygen atoms in total. The van der Waals surface area contributed by atoms with Crippen LogP contribution >= 0.6 is 0 Å². The predicted octanol–water partition coefficient (Wildman–Crippen LogP) is 4.87. The van der Waals surface area contributed by atoms with E-state index < -0.39 is 17.9 Å². The van der Waals surface area contributed by atoms with E-state index in [-0.39, 0.29) is 22.7 Å². The standard InChI is InChI=1S/C24H30O7/c1-2-20(25)30-14-12-10-8-6-4-3-5-7-9-11-13-17-15-18(22(26)27)16-19-21(17)24(29)31-23(19)28/h2,15-16H,1,3-14H2,(H,26,27). The quantitative estimate of drug-likeness (QED) is 0.183. The number of benzene rings is 1. The summed E-state index contributed by atoms with van der Waals surface area (Å²) in [5.41, 5.74) is 0.844. The fourth-order valence-corrected chi connectivity index (χ4v) is 3.68. The maximum absolute atomic E-state index is 11.9. The number of cyclic esters (lactones) is 2. The van der Waals surface area contributed by atoms with Crippen LogP contribution in [0.15, 0.2) is 24.8 Å². The maximum Gasteiger partial charge on any atom is 0.347 e. The fourth-order valence-electron chi connectivity index (χ4n) is 3.68. The second kappa shape index (κ2) is 12.7. The average molecular weight is 430 g/mol. The van der Waals surface area contributed by atoms with Crippen LogP contribution in [0.3, 0.4) is 0 Å². The van der Waals surface area contributed by atoms with E-state index in [1.807, 2.05) is 0 Å². The van der Waals surface area contributed by atoms with Gasteiger partial charge < -0.3 is 14.6 Å².